The number of benzene rings is 3. The highest BCUT2D eigenvalue weighted by molar-refractivity contribution is 6.40. The minimum atomic E-state index is -1.05. The number of ether oxygens (including phenoxy) is 1. The van der Waals surface area contributed by atoms with Gasteiger partial charge in [0.15, 0.2) is 5.75 Å². The third-order valence-electron chi connectivity index (χ3n) is 3.24. The number of rotatable bonds is 2. The van der Waals surface area contributed by atoms with Gasteiger partial charge in [-0.25, -0.2) is 13.6 Å². The van der Waals surface area contributed by atoms with E-state index in [0.717, 1.165) is 18.2 Å². The number of halogens is 4. The first kappa shape index (κ1) is 15.7. The van der Waals surface area contributed by atoms with Crippen LogP contribution in [0.3, 0.4) is 0 Å². The van der Waals surface area contributed by atoms with Gasteiger partial charge in [-0.3, -0.25) is 0 Å². The smallest absolute Gasteiger partial charge is 0.346 e. The van der Waals surface area contributed by atoms with Gasteiger partial charge in [-0.1, -0.05) is 47.5 Å². The molecule has 2 nitrogen and oxygen atoms in total. The third kappa shape index (κ3) is 3.00. The summed E-state index contributed by atoms with van der Waals surface area (Å²) in [5.74, 6) is -2.63. The molecule has 0 aliphatic heterocycles. The van der Waals surface area contributed by atoms with E-state index in [4.69, 9.17) is 27.9 Å². The SMILES string of the molecule is O=C(Oc1c(Cl)cc(Cl)c2ccccc12)c1cc(F)ccc1F. The van der Waals surface area contributed by atoms with Gasteiger partial charge >= 0.3 is 5.97 Å². The highest BCUT2D eigenvalue weighted by Crippen LogP contribution is 2.38. The van der Waals surface area contributed by atoms with Crippen LogP contribution in [0.15, 0.2) is 48.5 Å². The quantitative estimate of drug-likeness (QED) is 0.440. The highest BCUT2D eigenvalue weighted by atomic mass is 35.5. The van der Waals surface area contributed by atoms with Crippen molar-refractivity contribution in [3.63, 3.8) is 0 Å². The van der Waals surface area contributed by atoms with Crippen molar-refractivity contribution < 1.29 is 18.3 Å². The van der Waals surface area contributed by atoms with Gasteiger partial charge in [0, 0.05) is 10.8 Å². The number of fused-ring (bicyclic) bond motifs is 1. The van der Waals surface area contributed by atoms with Gasteiger partial charge in [0.25, 0.3) is 0 Å². The summed E-state index contributed by atoms with van der Waals surface area (Å²) in [6, 6.07) is 10.8. The Kier molecular flexibility index (Phi) is 4.20. The molecule has 0 unspecified atom stereocenters. The van der Waals surface area contributed by atoms with E-state index in [1.165, 1.54) is 6.07 Å². The monoisotopic (exact) mass is 352 g/mol. The molecular formula is C17H8Cl2F2O2. The van der Waals surface area contributed by atoms with Crippen LogP contribution in [-0.4, -0.2) is 5.97 Å². The number of esters is 1. The lowest BCUT2D eigenvalue weighted by Gasteiger charge is -2.11. The van der Waals surface area contributed by atoms with Crippen molar-refractivity contribution in [3.8, 4) is 5.75 Å². The Morgan fingerprint density at radius 1 is 0.913 bits per heavy atom. The van der Waals surface area contributed by atoms with Crippen LogP contribution < -0.4 is 4.74 Å². The molecule has 0 heterocycles. The fraction of sp³-hybridized carbons (Fsp3) is 0. The minimum absolute atomic E-state index is 0.0420. The van der Waals surface area contributed by atoms with Gasteiger partial charge in [-0.2, -0.15) is 0 Å². The summed E-state index contributed by atoms with van der Waals surface area (Å²) in [6.07, 6.45) is 0. The lowest BCUT2D eigenvalue weighted by molar-refractivity contribution is 0.0731. The fourth-order valence-corrected chi connectivity index (χ4v) is 2.76. The number of carbonyl (C=O) groups excluding carboxylic acids is 1. The van der Waals surface area contributed by atoms with E-state index in [9.17, 15) is 13.6 Å². The van der Waals surface area contributed by atoms with Crippen LogP contribution in [0, 0.1) is 11.6 Å². The van der Waals surface area contributed by atoms with Gasteiger partial charge in [0.1, 0.15) is 11.6 Å². The van der Waals surface area contributed by atoms with Crippen LogP contribution in [0.25, 0.3) is 10.8 Å². The molecule has 0 aromatic heterocycles. The van der Waals surface area contributed by atoms with Crippen molar-refractivity contribution in [1.29, 1.82) is 0 Å². The zero-order valence-corrected chi connectivity index (χ0v) is 13.0. The molecule has 3 rings (SSSR count). The lowest BCUT2D eigenvalue weighted by atomic mass is 10.1. The second kappa shape index (κ2) is 6.14. The molecule has 0 saturated carbocycles. The molecule has 6 heteroatoms. The molecule has 0 spiro atoms. The fourth-order valence-electron chi connectivity index (χ4n) is 2.18. The van der Waals surface area contributed by atoms with Crippen molar-refractivity contribution >= 4 is 39.9 Å². The van der Waals surface area contributed by atoms with E-state index in [-0.39, 0.29) is 10.8 Å². The molecule has 23 heavy (non-hydrogen) atoms. The van der Waals surface area contributed by atoms with Crippen LogP contribution in [0.2, 0.25) is 10.0 Å². The molecule has 0 aliphatic rings. The van der Waals surface area contributed by atoms with E-state index in [0.29, 0.717) is 15.8 Å². The first-order valence-corrected chi connectivity index (χ1v) is 7.27. The Morgan fingerprint density at radius 3 is 2.35 bits per heavy atom. The molecule has 0 N–H and O–H groups in total. The van der Waals surface area contributed by atoms with Gasteiger partial charge in [-0.15, -0.1) is 0 Å². The van der Waals surface area contributed by atoms with Gasteiger partial charge in [0.2, 0.25) is 0 Å². The molecule has 0 saturated heterocycles. The molecule has 3 aromatic carbocycles. The average Bonchev–Trinajstić information content (AvgIpc) is 2.53. The second-order valence-electron chi connectivity index (χ2n) is 4.73. The zero-order valence-electron chi connectivity index (χ0n) is 11.4. The van der Waals surface area contributed by atoms with E-state index in [1.807, 2.05) is 0 Å². The van der Waals surface area contributed by atoms with Crippen molar-refractivity contribution in [2.24, 2.45) is 0 Å². The third-order valence-corrected chi connectivity index (χ3v) is 3.84. The summed E-state index contributed by atoms with van der Waals surface area (Å²) in [6.45, 7) is 0. The Labute approximate surface area is 140 Å². The lowest BCUT2D eigenvalue weighted by Crippen LogP contribution is -2.11. The Bertz CT molecular complexity index is 926. The molecule has 0 bridgehead atoms. The van der Waals surface area contributed by atoms with Gasteiger partial charge in [-0.05, 0) is 24.3 Å². The Balaban J connectivity index is 2.08. The van der Waals surface area contributed by atoms with Crippen molar-refractivity contribution in [2.75, 3.05) is 0 Å². The summed E-state index contributed by atoms with van der Waals surface area (Å²) in [5, 5.41) is 1.61. The summed E-state index contributed by atoms with van der Waals surface area (Å²) in [4.78, 5) is 12.1. The van der Waals surface area contributed by atoms with E-state index in [2.05, 4.69) is 0 Å². The standard InChI is InChI=1S/C17H8Cl2F2O2/c18-13-8-14(19)16(11-4-2-1-3-10(11)13)23-17(22)12-7-9(20)5-6-15(12)21/h1-8H. The van der Waals surface area contributed by atoms with Crippen LogP contribution >= 0.6 is 23.2 Å². The van der Waals surface area contributed by atoms with E-state index >= 15 is 0 Å². The molecule has 0 amide bonds. The van der Waals surface area contributed by atoms with Crippen molar-refractivity contribution in [2.45, 2.75) is 0 Å². The van der Waals surface area contributed by atoms with Crippen LogP contribution in [0.5, 0.6) is 5.75 Å². The highest BCUT2D eigenvalue weighted by Gasteiger charge is 2.19. The summed E-state index contributed by atoms with van der Waals surface area (Å²) in [7, 11) is 0. The molecule has 3 aromatic rings. The van der Waals surface area contributed by atoms with E-state index < -0.39 is 23.2 Å². The zero-order chi connectivity index (χ0) is 16.6. The van der Waals surface area contributed by atoms with Gasteiger partial charge in [0.05, 0.1) is 15.6 Å². The molecule has 116 valence electrons. The predicted molar refractivity (Wildman–Crippen MR) is 85.3 cm³/mol. The van der Waals surface area contributed by atoms with Crippen LogP contribution in [0.1, 0.15) is 10.4 Å². The Hall–Kier alpha value is -2.17. The van der Waals surface area contributed by atoms with E-state index in [1.54, 1.807) is 24.3 Å². The summed E-state index contributed by atoms with van der Waals surface area (Å²) < 4.78 is 32.1. The maximum absolute atomic E-state index is 13.7. The largest absolute Gasteiger partial charge is 0.421 e. The first-order chi connectivity index (χ1) is 11.0. The minimum Gasteiger partial charge on any atom is -0.421 e. The topological polar surface area (TPSA) is 26.3 Å². The summed E-state index contributed by atoms with van der Waals surface area (Å²) in [5.41, 5.74) is -0.514. The molecular weight excluding hydrogens is 345 g/mol. The first-order valence-electron chi connectivity index (χ1n) is 6.51. The van der Waals surface area contributed by atoms with Crippen molar-refractivity contribution in [1.82, 2.24) is 0 Å². The van der Waals surface area contributed by atoms with Crippen molar-refractivity contribution in [3.05, 3.63) is 75.8 Å². The molecule has 0 atom stereocenters. The number of carbonyl (C=O) groups is 1. The molecule has 0 aliphatic carbocycles. The van der Waals surface area contributed by atoms with Crippen LogP contribution in [-0.2, 0) is 0 Å². The predicted octanol–water partition coefficient (Wildman–Crippen LogP) is 5.64. The number of hydrogen-bond acceptors (Lipinski definition) is 2. The van der Waals surface area contributed by atoms with Gasteiger partial charge < -0.3 is 4.74 Å². The molecule has 0 fully saturated rings. The maximum Gasteiger partial charge on any atom is 0.346 e. The average molecular weight is 353 g/mol. The summed E-state index contributed by atoms with van der Waals surface area (Å²) >= 11 is 12.2. The molecule has 0 radical (unpaired) electrons. The number of hydrogen-bond donors (Lipinski definition) is 0. The Morgan fingerprint density at radius 2 is 1.61 bits per heavy atom. The van der Waals surface area contributed by atoms with Crippen LogP contribution in [0.4, 0.5) is 8.78 Å². The maximum atomic E-state index is 13.7. The second-order valence-corrected chi connectivity index (χ2v) is 5.54. The normalized spacial score (nSPS) is 10.8.